The number of alkyl halides is 3. The van der Waals surface area contributed by atoms with Crippen LogP contribution in [0.2, 0.25) is 0 Å². The highest BCUT2D eigenvalue weighted by Gasteiger charge is 2.33. The number of amides is 3. The molecule has 1 aromatic rings. The quantitative estimate of drug-likeness (QED) is 0.765. The summed E-state index contributed by atoms with van der Waals surface area (Å²) in [6, 6.07) is 3.55. The number of hydrogen-bond acceptors (Lipinski definition) is 2. The second-order valence-corrected chi connectivity index (χ2v) is 3.49. The van der Waals surface area contributed by atoms with E-state index in [1.165, 1.54) is 12.1 Å². The molecule has 1 heterocycles. The third-order valence-electron chi connectivity index (χ3n) is 2.28. The van der Waals surface area contributed by atoms with Crippen molar-refractivity contribution < 1.29 is 22.8 Å². The molecule has 0 saturated carbocycles. The van der Waals surface area contributed by atoms with Crippen molar-refractivity contribution in [3.63, 3.8) is 0 Å². The maximum Gasteiger partial charge on any atom is 0.416 e. The number of carbonyl (C=O) groups excluding carboxylic acids is 2. The first-order valence-electron chi connectivity index (χ1n) is 4.66. The molecular weight excluding hydrogens is 237 g/mol. The molecule has 3 amide bonds. The summed E-state index contributed by atoms with van der Waals surface area (Å²) in [5.74, 6) is -0.535. The number of nitrogens with zero attached hydrogens (tertiary/aromatic N) is 1. The van der Waals surface area contributed by atoms with Crippen molar-refractivity contribution >= 4 is 17.6 Å². The maximum atomic E-state index is 12.4. The van der Waals surface area contributed by atoms with Crippen LogP contribution in [0.15, 0.2) is 24.3 Å². The molecule has 0 bridgehead atoms. The predicted octanol–water partition coefficient (Wildman–Crippen LogP) is 1.76. The summed E-state index contributed by atoms with van der Waals surface area (Å²) in [6.45, 7) is -0.264. The minimum Gasteiger partial charge on any atom is -0.285 e. The van der Waals surface area contributed by atoms with Gasteiger partial charge in [-0.05, 0) is 18.2 Å². The lowest BCUT2D eigenvalue weighted by Crippen LogP contribution is -2.28. The summed E-state index contributed by atoms with van der Waals surface area (Å²) in [5.41, 5.74) is -0.815. The molecular formula is C10H7F3N2O2. The second kappa shape index (κ2) is 3.76. The number of urea groups is 1. The van der Waals surface area contributed by atoms with Crippen molar-refractivity contribution in [3.05, 3.63) is 29.8 Å². The summed E-state index contributed by atoms with van der Waals surface area (Å²) >= 11 is 0. The van der Waals surface area contributed by atoms with Gasteiger partial charge in [0.05, 0.1) is 5.56 Å². The standard InChI is InChI=1S/C10H7F3N2O2/c11-10(12,13)6-2-1-3-7(4-6)15-5-8(16)14-9(15)17/h1-4H,5H2,(H,14,16,17). The average Bonchev–Trinajstić information content (AvgIpc) is 2.57. The zero-order valence-electron chi connectivity index (χ0n) is 8.41. The molecule has 17 heavy (non-hydrogen) atoms. The van der Waals surface area contributed by atoms with E-state index in [2.05, 4.69) is 0 Å². The molecule has 0 radical (unpaired) electrons. The fourth-order valence-electron chi connectivity index (χ4n) is 1.50. The number of nitrogens with one attached hydrogen (secondary N) is 1. The van der Waals surface area contributed by atoms with Crippen molar-refractivity contribution in [2.75, 3.05) is 11.4 Å². The van der Waals surface area contributed by atoms with E-state index < -0.39 is 23.7 Å². The zero-order valence-corrected chi connectivity index (χ0v) is 8.41. The Morgan fingerprint density at radius 3 is 2.47 bits per heavy atom. The molecule has 1 saturated heterocycles. The fraction of sp³-hybridized carbons (Fsp3) is 0.200. The minimum atomic E-state index is -4.48. The number of rotatable bonds is 1. The zero-order chi connectivity index (χ0) is 12.6. The van der Waals surface area contributed by atoms with Crippen LogP contribution in [0.1, 0.15) is 5.56 Å². The SMILES string of the molecule is O=C1CN(c2cccc(C(F)(F)F)c2)C(=O)N1. The Labute approximate surface area is 94.0 Å². The van der Waals surface area contributed by atoms with E-state index in [0.29, 0.717) is 0 Å². The molecule has 1 aliphatic heterocycles. The van der Waals surface area contributed by atoms with E-state index in [-0.39, 0.29) is 12.2 Å². The van der Waals surface area contributed by atoms with Gasteiger partial charge in [-0.25, -0.2) is 4.79 Å². The van der Waals surface area contributed by atoms with Gasteiger partial charge in [0.15, 0.2) is 0 Å². The molecule has 90 valence electrons. The maximum absolute atomic E-state index is 12.4. The highest BCUT2D eigenvalue weighted by atomic mass is 19.4. The monoisotopic (exact) mass is 244 g/mol. The van der Waals surface area contributed by atoms with Crippen LogP contribution in [0.25, 0.3) is 0 Å². The molecule has 2 rings (SSSR count). The fourth-order valence-corrected chi connectivity index (χ4v) is 1.50. The van der Waals surface area contributed by atoms with Crippen LogP contribution in [0.4, 0.5) is 23.7 Å². The molecule has 0 spiro atoms. The lowest BCUT2D eigenvalue weighted by Gasteiger charge is -2.15. The van der Waals surface area contributed by atoms with Crippen LogP contribution in [0, 0.1) is 0 Å². The number of hydrogen-bond donors (Lipinski definition) is 1. The van der Waals surface area contributed by atoms with Crippen LogP contribution in [0.3, 0.4) is 0 Å². The Morgan fingerprint density at radius 1 is 1.24 bits per heavy atom. The summed E-state index contributed by atoms with van der Waals surface area (Å²) in [6.07, 6.45) is -4.48. The topological polar surface area (TPSA) is 49.4 Å². The summed E-state index contributed by atoms with van der Waals surface area (Å²) in [4.78, 5) is 23.1. The summed E-state index contributed by atoms with van der Waals surface area (Å²) in [5, 5.41) is 1.99. The predicted molar refractivity (Wildman–Crippen MR) is 52.3 cm³/mol. The molecule has 0 unspecified atom stereocenters. The van der Waals surface area contributed by atoms with E-state index in [9.17, 15) is 22.8 Å². The van der Waals surface area contributed by atoms with Gasteiger partial charge >= 0.3 is 12.2 Å². The van der Waals surface area contributed by atoms with Gasteiger partial charge in [-0.2, -0.15) is 13.2 Å². The van der Waals surface area contributed by atoms with Crippen molar-refractivity contribution in [1.82, 2.24) is 5.32 Å². The van der Waals surface area contributed by atoms with E-state index in [0.717, 1.165) is 17.0 Å². The molecule has 0 aromatic heterocycles. The Morgan fingerprint density at radius 2 is 1.94 bits per heavy atom. The van der Waals surface area contributed by atoms with Crippen LogP contribution in [-0.4, -0.2) is 18.5 Å². The first kappa shape index (κ1) is 11.4. The Bertz CT molecular complexity index is 485. The lowest BCUT2D eigenvalue weighted by atomic mass is 10.2. The Hall–Kier alpha value is -2.05. The minimum absolute atomic E-state index is 0.0446. The first-order chi connectivity index (χ1) is 7.88. The normalized spacial score (nSPS) is 16.3. The van der Waals surface area contributed by atoms with Gasteiger partial charge in [0.1, 0.15) is 6.54 Å². The van der Waals surface area contributed by atoms with E-state index in [4.69, 9.17) is 0 Å². The van der Waals surface area contributed by atoms with Gasteiger partial charge in [-0.15, -0.1) is 0 Å². The van der Waals surface area contributed by atoms with E-state index in [1.807, 2.05) is 5.32 Å². The van der Waals surface area contributed by atoms with Crippen LogP contribution < -0.4 is 10.2 Å². The third kappa shape index (κ3) is 2.22. The van der Waals surface area contributed by atoms with Gasteiger partial charge in [-0.1, -0.05) is 6.07 Å². The average molecular weight is 244 g/mol. The molecule has 0 aliphatic carbocycles. The number of anilines is 1. The Kier molecular flexibility index (Phi) is 2.53. The molecule has 1 aliphatic rings. The van der Waals surface area contributed by atoms with Gasteiger partial charge in [-0.3, -0.25) is 15.0 Å². The largest absolute Gasteiger partial charge is 0.416 e. The van der Waals surface area contributed by atoms with Crippen LogP contribution in [0.5, 0.6) is 0 Å². The molecule has 1 fully saturated rings. The number of benzene rings is 1. The first-order valence-corrected chi connectivity index (χ1v) is 4.66. The number of imide groups is 1. The van der Waals surface area contributed by atoms with Crippen molar-refractivity contribution in [2.24, 2.45) is 0 Å². The molecule has 4 nitrogen and oxygen atoms in total. The number of halogens is 3. The van der Waals surface area contributed by atoms with Gasteiger partial charge in [0, 0.05) is 5.69 Å². The van der Waals surface area contributed by atoms with Crippen molar-refractivity contribution in [2.45, 2.75) is 6.18 Å². The summed E-state index contributed by atoms with van der Waals surface area (Å²) < 4.78 is 37.3. The summed E-state index contributed by atoms with van der Waals surface area (Å²) in [7, 11) is 0. The molecule has 1 aromatic carbocycles. The lowest BCUT2D eigenvalue weighted by molar-refractivity contribution is -0.137. The molecule has 0 atom stereocenters. The highest BCUT2D eigenvalue weighted by molar-refractivity contribution is 6.12. The van der Waals surface area contributed by atoms with Crippen LogP contribution >= 0.6 is 0 Å². The van der Waals surface area contributed by atoms with Crippen LogP contribution in [-0.2, 0) is 11.0 Å². The molecule has 1 N–H and O–H groups in total. The third-order valence-corrected chi connectivity index (χ3v) is 2.28. The Balaban J connectivity index is 2.34. The smallest absolute Gasteiger partial charge is 0.285 e. The van der Waals surface area contributed by atoms with Crippen molar-refractivity contribution in [3.8, 4) is 0 Å². The van der Waals surface area contributed by atoms with E-state index in [1.54, 1.807) is 0 Å². The second-order valence-electron chi connectivity index (χ2n) is 3.49. The highest BCUT2D eigenvalue weighted by Crippen LogP contribution is 2.31. The van der Waals surface area contributed by atoms with Gasteiger partial charge in [0.2, 0.25) is 5.91 Å². The van der Waals surface area contributed by atoms with Gasteiger partial charge < -0.3 is 0 Å². The van der Waals surface area contributed by atoms with Gasteiger partial charge in [0.25, 0.3) is 0 Å². The number of carbonyl (C=O) groups is 2. The van der Waals surface area contributed by atoms with Crippen molar-refractivity contribution in [1.29, 1.82) is 0 Å². The van der Waals surface area contributed by atoms with E-state index >= 15 is 0 Å². The molecule has 7 heteroatoms.